The summed E-state index contributed by atoms with van der Waals surface area (Å²) in [5.74, 6) is 0.446. The van der Waals surface area contributed by atoms with Crippen LogP contribution < -0.4 is 4.74 Å². The monoisotopic (exact) mass is 406 g/mol. The molecular weight excluding hydrogens is 380 g/mol. The summed E-state index contributed by atoms with van der Waals surface area (Å²) in [4.78, 5) is 26.2. The van der Waals surface area contributed by atoms with Gasteiger partial charge in [-0.25, -0.2) is 9.67 Å². The zero-order valence-electron chi connectivity index (χ0n) is 17.7. The molecule has 1 aliphatic rings. The van der Waals surface area contributed by atoms with E-state index in [1.165, 1.54) is 0 Å². The van der Waals surface area contributed by atoms with Gasteiger partial charge in [-0.1, -0.05) is 6.07 Å². The molecule has 0 spiro atoms. The molecule has 1 amide bonds. The number of hydrogen-bond donors (Lipinski definition) is 0. The molecule has 0 N–H and O–H groups in total. The molecule has 4 heterocycles. The van der Waals surface area contributed by atoms with Crippen LogP contribution in [0.1, 0.15) is 24.3 Å². The van der Waals surface area contributed by atoms with E-state index in [0.29, 0.717) is 36.7 Å². The number of nitrogens with zero attached hydrogens (tertiary/aromatic N) is 6. The number of methoxy groups -OCH3 is 1. The molecule has 8 nitrogen and oxygen atoms in total. The number of hydrogen-bond acceptors (Lipinski definition) is 6. The van der Waals surface area contributed by atoms with Crippen LogP contribution in [0.25, 0.3) is 17.1 Å². The summed E-state index contributed by atoms with van der Waals surface area (Å²) < 4.78 is 6.87. The quantitative estimate of drug-likeness (QED) is 0.663. The molecule has 3 aromatic heterocycles. The molecule has 1 saturated heterocycles. The molecule has 2 unspecified atom stereocenters. The van der Waals surface area contributed by atoms with Crippen molar-refractivity contribution in [3.63, 3.8) is 0 Å². The summed E-state index contributed by atoms with van der Waals surface area (Å²) in [5, 5.41) is 4.65. The minimum absolute atomic E-state index is 0.0702. The van der Waals surface area contributed by atoms with Crippen LogP contribution in [-0.2, 0) is 0 Å². The third-order valence-electron chi connectivity index (χ3n) is 5.68. The molecule has 4 rings (SSSR count). The summed E-state index contributed by atoms with van der Waals surface area (Å²) >= 11 is 0. The minimum atomic E-state index is -0.0702. The molecule has 0 saturated carbocycles. The van der Waals surface area contributed by atoms with Gasteiger partial charge in [0.2, 0.25) is 5.88 Å². The molecule has 8 heteroatoms. The van der Waals surface area contributed by atoms with E-state index in [-0.39, 0.29) is 5.91 Å². The predicted octanol–water partition coefficient (Wildman–Crippen LogP) is 2.50. The molecule has 0 bridgehead atoms. The Balaban J connectivity index is 1.72. The topological polar surface area (TPSA) is 76.4 Å². The van der Waals surface area contributed by atoms with Crippen molar-refractivity contribution in [3.8, 4) is 23.0 Å². The van der Waals surface area contributed by atoms with E-state index >= 15 is 0 Å². The lowest BCUT2D eigenvalue weighted by Gasteiger charge is -2.42. The van der Waals surface area contributed by atoms with Gasteiger partial charge in [-0.15, -0.1) is 0 Å². The first-order valence-corrected chi connectivity index (χ1v) is 10.0. The highest BCUT2D eigenvalue weighted by atomic mass is 16.5. The molecule has 0 aromatic carbocycles. The van der Waals surface area contributed by atoms with Gasteiger partial charge < -0.3 is 9.64 Å². The van der Waals surface area contributed by atoms with Crippen LogP contribution in [0.3, 0.4) is 0 Å². The number of amides is 1. The van der Waals surface area contributed by atoms with Gasteiger partial charge in [-0.2, -0.15) is 5.10 Å². The summed E-state index contributed by atoms with van der Waals surface area (Å²) in [6.07, 6.45) is 3.40. The maximum absolute atomic E-state index is 13.3. The van der Waals surface area contributed by atoms with E-state index in [4.69, 9.17) is 4.74 Å². The maximum Gasteiger partial charge on any atom is 0.274 e. The Morgan fingerprint density at radius 2 is 1.87 bits per heavy atom. The van der Waals surface area contributed by atoms with Crippen LogP contribution in [0.5, 0.6) is 5.88 Å². The summed E-state index contributed by atoms with van der Waals surface area (Å²) in [7, 11) is 3.67. The van der Waals surface area contributed by atoms with Gasteiger partial charge in [0.25, 0.3) is 5.91 Å². The fourth-order valence-electron chi connectivity index (χ4n) is 3.73. The zero-order chi connectivity index (χ0) is 21.3. The molecule has 2 atom stereocenters. The van der Waals surface area contributed by atoms with Crippen molar-refractivity contribution in [1.29, 1.82) is 0 Å². The van der Waals surface area contributed by atoms with E-state index in [0.717, 1.165) is 17.1 Å². The van der Waals surface area contributed by atoms with Crippen LogP contribution in [0.2, 0.25) is 0 Å². The second-order valence-corrected chi connectivity index (χ2v) is 7.67. The predicted molar refractivity (Wildman–Crippen MR) is 114 cm³/mol. The Morgan fingerprint density at radius 1 is 1.10 bits per heavy atom. The van der Waals surface area contributed by atoms with Gasteiger partial charge in [-0.05, 0) is 45.2 Å². The lowest BCUT2D eigenvalue weighted by atomic mass is 10.1. The number of piperazine rings is 1. The highest BCUT2D eigenvalue weighted by Gasteiger charge is 2.31. The highest BCUT2D eigenvalue weighted by Crippen LogP contribution is 2.24. The van der Waals surface area contributed by atoms with Crippen molar-refractivity contribution < 1.29 is 9.53 Å². The first-order chi connectivity index (χ1) is 14.5. The van der Waals surface area contributed by atoms with E-state index in [1.54, 1.807) is 30.3 Å². The molecule has 1 fully saturated rings. The van der Waals surface area contributed by atoms with Gasteiger partial charge in [0.05, 0.1) is 30.4 Å². The van der Waals surface area contributed by atoms with E-state index in [2.05, 4.69) is 40.9 Å². The summed E-state index contributed by atoms with van der Waals surface area (Å²) in [5.41, 5.74) is 2.60. The largest absolute Gasteiger partial charge is 0.481 e. The third kappa shape index (κ3) is 3.78. The first-order valence-electron chi connectivity index (χ1n) is 10.0. The zero-order valence-corrected chi connectivity index (χ0v) is 17.7. The smallest absolute Gasteiger partial charge is 0.274 e. The molecule has 3 aromatic rings. The lowest BCUT2D eigenvalue weighted by Crippen LogP contribution is -2.56. The first kappa shape index (κ1) is 20.0. The number of aromatic nitrogens is 4. The lowest BCUT2D eigenvalue weighted by molar-refractivity contribution is 0.0409. The number of pyridine rings is 2. The number of carbonyl (C=O) groups excluding carboxylic acids is 1. The summed E-state index contributed by atoms with van der Waals surface area (Å²) in [6.45, 7) is 5.62. The van der Waals surface area contributed by atoms with Crippen LogP contribution >= 0.6 is 0 Å². The van der Waals surface area contributed by atoms with Crippen LogP contribution in [-0.4, -0.2) is 74.8 Å². The number of likely N-dealkylation sites (N-methyl/N-ethyl adjacent to an activating group) is 1. The fourth-order valence-corrected chi connectivity index (χ4v) is 3.73. The Labute approximate surface area is 176 Å². The van der Waals surface area contributed by atoms with E-state index in [9.17, 15) is 4.79 Å². The van der Waals surface area contributed by atoms with E-state index in [1.807, 2.05) is 35.2 Å². The van der Waals surface area contributed by atoms with Crippen molar-refractivity contribution in [1.82, 2.24) is 29.5 Å². The van der Waals surface area contributed by atoms with Gasteiger partial charge >= 0.3 is 0 Å². The van der Waals surface area contributed by atoms with Gasteiger partial charge in [0.15, 0.2) is 5.69 Å². The normalized spacial score (nSPS) is 19.7. The molecule has 0 radical (unpaired) electrons. The van der Waals surface area contributed by atoms with E-state index < -0.39 is 0 Å². The number of ether oxygens (including phenoxy) is 1. The van der Waals surface area contributed by atoms with Crippen molar-refractivity contribution in [3.05, 3.63) is 54.5 Å². The maximum atomic E-state index is 13.3. The Hall–Kier alpha value is -3.26. The summed E-state index contributed by atoms with van der Waals surface area (Å²) in [6, 6.07) is 11.7. The van der Waals surface area contributed by atoms with Crippen LogP contribution in [0.4, 0.5) is 0 Å². The number of carbonyl (C=O) groups is 1. The standard InChI is InChI=1S/C22H26N6O2/c1-15-13-27(14-16(2)26(15)3)22(29)19-11-20(18-7-5-6-10-23-18)28(25-19)17-8-9-21(30-4)24-12-17/h5-12,15-16H,13-14H2,1-4H3. The van der Waals surface area contributed by atoms with Crippen LogP contribution in [0, 0.1) is 0 Å². The van der Waals surface area contributed by atoms with Gasteiger partial charge in [0, 0.05) is 37.4 Å². The second-order valence-electron chi connectivity index (χ2n) is 7.67. The van der Waals surface area contributed by atoms with Crippen molar-refractivity contribution >= 4 is 5.91 Å². The average Bonchev–Trinajstić information content (AvgIpc) is 3.22. The van der Waals surface area contributed by atoms with Gasteiger partial charge in [0.1, 0.15) is 0 Å². The van der Waals surface area contributed by atoms with Crippen molar-refractivity contribution in [2.24, 2.45) is 0 Å². The molecule has 156 valence electrons. The molecule has 1 aliphatic heterocycles. The Morgan fingerprint density at radius 3 is 2.47 bits per heavy atom. The SMILES string of the molecule is COc1ccc(-n2nc(C(=O)N3CC(C)N(C)C(C)C3)cc2-c2ccccn2)cn1. The molecular formula is C22H26N6O2. The second kappa shape index (κ2) is 8.23. The van der Waals surface area contributed by atoms with Crippen LogP contribution in [0.15, 0.2) is 48.8 Å². The van der Waals surface area contributed by atoms with Gasteiger partial charge in [-0.3, -0.25) is 14.7 Å². The highest BCUT2D eigenvalue weighted by molar-refractivity contribution is 5.93. The third-order valence-corrected chi connectivity index (χ3v) is 5.68. The average molecular weight is 406 g/mol. The Bertz CT molecular complexity index is 1010. The fraction of sp³-hybridized carbons (Fsp3) is 0.364. The van der Waals surface area contributed by atoms with Crippen molar-refractivity contribution in [2.45, 2.75) is 25.9 Å². The molecule has 30 heavy (non-hydrogen) atoms. The Kier molecular flexibility index (Phi) is 5.50. The number of rotatable bonds is 4. The van der Waals surface area contributed by atoms with Crippen molar-refractivity contribution in [2.75, 3.05) is 27.2 Å². The minimum Gasteiger partial charge on any atom is -0.481 e. The molecule has 0 aliphatic carbocycles.